The van der Waals surface area contributed by atoms with E-state index < -0.39 is 9.04 Å². The van der Waals surface area contributed by atoms with E-state index in [1.165, 1.54) is 25.7 Å². The van der Waals surface area contributed by atoms with Crippen molar-refractivity contribution in [2.45, 2.75) is 66.5 Å². The molecule has 0 aromatic carbocycles. The zero-order chi connectivity index (χ0) is 12.6. The van der Waals surface area contributed by atoms with Crippen molar-refractivity contribution in [2.75, 3.05) is 0 Å². The van der Waals surface area contributed by atoms with Gasteiger partial charge in [0.2, 0.25) is 9.04 Å². The summed E-state index contributed by atoms with van der Waals surface area (Å²) in [6, 6.07) is 0. The Morgan fingerprint density at radius 1 is 1.19 bits per heavy atom. The minimum Gasteiger partial charge on any atom is -0.505 e. The Bertz CT molecular complexity index is 229. The highest BCUT2D eigenvalue weighted by molar-refractivity contribution is 6.48. The molecule has 1 nitrogen and oxygen atoms in total. The molecule has 0 amide bonds. The van der Waals surface area contributed by atoms with Crippen molar-refractivity contribution in [3.63, 3.8) is 0 Å². The Morgan fingerprint density at radius 2 is 1.81 bits per heavy atom. The van der Waals surface area contributed by atoms with Crippen LogP contribution >= 0.6 is 0 Å². The molecule has 0 aliphatic rings. The normalized spacial score (nSPS) is 13.2. The standard InChI is InChI=1S/C14H28OSi/c1-7-8-9-10-13(14(2,3)4)11-12-15-16(5)6/h13,16H,7-10H2,1-6H3. The van der Waals surface area contributed by atoms with E-state index in [2.05, 4.69) is 52.8 Å². The van der Waals surface area contributed by atoms with E-state index in [-0.39, 0.29) is 5.41 Å². The lowest BCUT2D eigenvalue weighted by Crippen LogP contribution is -2.19. The molecule has 1 unspecified atom stereocenters. The zero-order valence-electron chi connectivity index (χ0n) is 11.9. The van der Waals surface area contributed by atoms with Crippen LogP contribution in [0.15, 0.2) is 0 Å². The molecule has 0 spiro atoms. The van der Waals surface area contributed by atoms with Gasteiger partial charge in [0.05, 0.1) is 6.11 Å². The second-order valence-corrected chi connectivity index (χ2v) is 8.16. The molecular formula is C14H28OSi. The molecule has 0 heterocycles. The van der Waals surface area contributed by atoms with Crippen LogP contribution < -0.4 is 0 Å². The van der Waals surface area contributed by atoms with Crippen LogP contribution in [0.4, 0.5) is 0 Å². The summed E-state index contributed by atoms with van der Waals surface area (Å²) in [5.74, 6) is 3.78. The van der Waals surface area contributed by atoms with Gasteiger partial charge < -0.3 is 4.43 Å². The molecular weight excluding hydrogens is 212 g/mol. The maximum atomic E-state index is 5.45. The second-order valence-electron chi connectivity index (χ2n) is 5.83. The van der Waals surface area contributed by atoms with E-state index >= 15 is 0 Å². The molecule has 0 bridgehead atoms. The third-order valence-corrected chi connectivity index (χ3v) is 3.26. The average Bonchev–Trinajstić information content (AvgIpc) is 2.13. The van der Waals surface area contributed by atoms with Crippen LogP contribution in [0.5, 0.6) is 0 Å². The highest BCUT2D eigenvalue weighted by Crippen LogP contribution is 2.29. The lowest BCUT2D eigenvalue weighted by Gasteiger charge is -2.26. The molecule has 0 N–H and O–H groups in total. The summed E-state index contributed by atoms with van der Waals surface area (Å²) < 4.78 is 5.45. The quantitative estimate of drug-likeness (QED) is 0.398. The van der Waals surface area contributed by atoms with Gasteiger partial charge in [0, 0.05) is 5.92 Å². The molecule has 0 saturated carbocycles. The van der Waals surface area contributed by atoms with Crippen molar-refractivity contribution < 1.29 is 4.43 Å². The zero-order valence-corrected chi connectivity index (χ0v) is 13.0. The molecule has 0 aliphatic carbocycles. The summed E-state index contributed by atoms with van der Waals surface area (Å²) in [5, 5.41) is 0. The van der Waals surface area contributed by atoms with Gasteiger partial charge >= 0.3 is 0 Å². The summed E-state index contributed by atoms with van der Waals surface area (Å²) in [6.07, 6.45) is 8.01. The van der Waals surface area contributed by atoms with E-state index in [0.29, 0.717) is 5.92 Å². The molecule has 0 aromatic rings. The van der Waals surface area contributed by atoms with E-state index in [1.54, 1.807) is 0 Å². The number of hydrogen-bond acceptors (Lipinski definition) is 1. The molecule has 16 heavy (non-hydrogen) atoms. The summed E-state index contributed by atoms with van der Waals surface area (Å²) in [5.41, 5.74) is 0.267. The van der Waals surface area contributed by atoms with Crippen molar-refractivity contribution in [1.82, 2.24) is 0 Å². The molecule has 0 aromatic heterocycles. The first-order valence-corrected chi connectivity index (χ1v) is 9.32. The SMILES string of the molecule is CCCCCC(C#CO[SiH](C)C)C(C)(C)C. The maximum Gasteiger partial charge on any atom is 0.244 e. The number of rotatable bonds is 5. The minimum atomic E-state index is -0.990. The molecule has 94 valence electrons. The fourth-order valence-electron chi connectivity index (χ4n) is 1.54. The van der Waals surface area contributed by atoms with Gasteiger partial charge in [-0.15, -0.1) is 0 Å². The molecule has 0 aliphatic heterocycles. The second kappa shape index (κ2) is 7.79. The maximum absolute atomic E-state index is 5.45. The molecule has 0 fully saturated rings. The van der Waals surface area contributed by atoms with Crippen molar-refractivity contribution in [2.24, 2.45) is 11.3 Å². The van der Waals surface area contributed by atoms with Gasteiger partial charge in [0.25, 0.3) is 0 Å². The first kappa shape index (κ1) is 15.6. The predicted molar refractivity (Wildman–Crippen MR) is 74.8 cm³/mol. The Kier molecular flexibility index (Phi) is 7.58. The van der Waals surface area contributed by atoms with E-state index in [0.717, 1.165) is 0 Å². The Hall–Kier alpha value is -0.423. The van der Waals surface area contributed by atoms with Crippen molar-refractivity contribution in [3.8, 4) is 12.0 Å². The third-order valence-electron chi connectivity index (χ3n) is 2.67. The summed E-state index contributed by atoms with van der Waals surface area (Å²) >= 11 is 0. The van der Waals surface area contributed by atoms with Crippen LogP contribution in [-0.2, 0) is 4.43 Å². The van der Waals surface area contributed by atoms with Crippen LogP contribution in [0.1, 0.15) is 53.4 Å². The summed E-state index contributed by atoms with van der Waals surface area (Å²) in [4.78, 5) is 0. The predicted octanol–water partition coefficient (Wildman–Crippen LogP) is 4.19. The van der Waals surface area contributed by atoms with Crippen LogP contribution in [0, 0.1) is 23.4 Å². The van der Waals surface area contributed by atoms with E-state index in [9.17, 15) is 0 Å². The van der Waals surface area contributed by atoms with Crippen LogP contribution in [0.25, 0.3) is 0 Å². The summed E-state index contributed by atoms with van der Waals surface area (Å²) in [6.45, 7) is 13.3. The van der Waals surface area contributed by atoms with Crippen molar-refractivity contribution in [3.05, 3.63) is 0 Å². The van der Waals surface area contributed by atoms with Crippen LogP contribution in [-0.4, -0.2) is 9.04 Å². The summed E-state index contributed by atoms with van der Waals surface area (Å²) in [7, 11) is -0.990. The van der Waals surface area contributed by atoms with E-state index in [1.807, 2.05) is 0 Å². The van der Waals surface area contributed by atoms with Crippen molar-refractivity contribution >= 4 is 9.04 Å². The number of hydrogen-bond donors (Lipinski definition) is 0. The third kappa shape index (κ3) is 7.82. The Balaban J connectivity index is 4.25. The highest BCUT2D eigenvalue weighted by atomic mass is 28.3. The lowest BCUT2D eigenvalue weighted by molar-refractivity contribution is 0.280. The molecule has 0 rings (SSSR count). The Morgan fingerprint density at radius 3 is 2.25 bits per heavy atom. The van der Waals surface area contributed by atoms with Crippen LogP contribution in [0.2, 0.25) is 13.1 Å². The fraction of sp³-hybridized carbons (Fsp3) is 0.857. The number of unbranched alkanes of at least 4 members (excludes halogenated alkanes) is 2. The van der Waals surface area contributed by atoms with Gasteiger partial charge in [0.15, 0.2) is 0 Å². The first-order valence-electron chi connectivity index (χ1n) is 6.54. The van der Waals surface area contributed by atoms with Crippen molar-refractivity contribution in [1.29, 1.82) is 0 Å². The van der Waals surface area contributed by atoms with Gasteiger partial charge in [-0.05, 0) is 24.9 Å². The first-order chi connectivity index (χ1) is 7.38. The topological polar surface area (TPSA) is 9.23 Å². The Labute approximate surface area is 104 Å². The van der Waals surface area contributed by atoms with Crippen LogP contribution in [0.3, 0.4) is 0 Å². The van der Waals surface area contributed by atoms with Gasteiger partial charge in [-0.25, -0.2) is 0 Å². The molecule has 1 atom stereocenters. The van der Waals surface area contributed by atoms with E-state index in [4.69, 9.17) is 4.43 Å². The van der Waals surface area contributed by atoms with Gasteiger partial charge in [-0.2, -0.15) is 0 Å². The minimum absolute atomic E-state index is 0.267. The molecule has 2 heteroatoms. The fourth-order valence-corrected chi connectivity index (χ4v) is 1.85. The molecule has 0 saturated heterocycles. The monoisotopic (exact) mass is 240 g/mol. The smallest absolute Gasteiger partial charge is 0.244 e. The lowest BCUT2D eigenvalue weighted by atomic mass is 9.78. The largest absolute Gasteiger partial charge is 0.505 e. The highest BCUT2D eigenvalue weighted by Gasteiger charge is 2.22. The van der Waals surface area contributed by atoms with Gasteiger partial charge in [-0.3, -0.25) is 0 Å². The molecule has 0 radical (unpaired) electrons. The van der Waals surface area contributed by atoms with Gasteiger partial charge in [0.1, 0.15) is 0 Å². The average molecular weight is 240 g/mol. The van der Waals surface area contributed by atoms with Gasteiger partial charge in [-0.1, -0.05) is 52.9 Å².